The summed E-state index contributed by atoms with van der Waals surface area (Å²) in [6.07, 6.45) is 12.7. The van der Waals surface area contributed by atoms with E-state index in [9.17, 15) is 0 Å². The van der Waals surface area contributed by atoms with Gasteiger partial charge in [-0.1, -0.05) is 64.1 Å². The first kappa shape index (κ1) is 25.2. The Kier molecular flexibility index (Phi) is 10.3. The van der Waals surface area contributed by atoms with Crippen LogP contribution in [0.2, 0.25) is 0 Å². The molecule has 1 aliphatic carbocycles. The average molecular weight is 440 g/mol. The molecule has 1 aliphatic heterocycles. The molecule has 0 radical (unpaired) electrons. The number of aromatic amines is 1. The molecule has 1 saturated heterocycles. The third kappa shape index (κ3) is 6.46. The van der Waals surface area contributed by atoms with E-state index in [1.54, 1.807) is 11.9 Å². The van der Waals surface area contributed by atoms with Gasteiger partial charge in [0.25, 0.3) is 0 Å². The smallest absolute Gasteiger partial charge is 0.0462 e. The maximum atomic E-state index is 4.43. The third-order valence-corrected chi connectivity index (χ3v) is 6.41. The molecule has 4 rings (SSSR count). The molecule has 1 aromatic carbocycles. The first-order valence-corrected chi connectivity index (χ1v) is 13.0. The summed E-state index contributed by atoms with van der Waals surface area (Å²) in [6, 6.07) is 6.65. The summed E-state index contributed by atoms with van der Waals surface area (Å²) in [5.41, 5.74) is 8.01. The second-order valence-corrected chi connectivity index (χ2v) is 8.63. The molecule has 0 amide bonds. The number of rotatable bonds is 6. The monoisotopic (exact) mass is 439 g/mol. The zero-order chi connectivity index (χ0) is 22.8. The number of allylic oxidation sites excluding steroid dienone is 3. The molecular weight excluding hydrogens is 398 g/mol. The van der Waals surface area contributed by atoms with Gasteiger partial charge in [-0.05, 0) is 61.8 Å². The lowest BCUT2D eigenvalue weighted by molar-refractivity contribution is 0.382. The van der Waals surface area contributed by atoms with E-state index in [1.165, 1.54) is 59.2 Å². The Morgan fingerprint density at radius 3 is 2.52 bits per heavy atom. The Morgan fingerprint density at radius 1 is 1.23 bits per heavy atom. The maximum Gasteiger partial charge on any atom is 0.0462 e. The van der Waals surface area contributed by atoms with Crippen LogP contribution >= 0.6 is 11.9 Å². The van der Waals surface area contributed by atoms with Crippen LogP contribution in [0.5, 0.6) is 0 Å². The Balaban J connectivity index is 0.000000372. The van der Waals surface area contributed by atoms with Crippen LogP contribution in [0.1, 0.15) is 64.5 Å². The van der Waals surface area contributed by atoms with Gasteiger partial charge in [0.2, 0.25) is 0 Å². The van der Waals surface area contributed by atoms with Gasteiger partial charge in [-0.3, -0.25) is 0 Å². The number of nitrogens with zero attached hydrogens (tertiary/aromatic N) is 1. The van der Waals surface area contributed by atoms with Crippen LogP contribution in [0.15, 0.2) is 55.0 Å². The molecule has 1 atom stereocenters. The second-order valence-electron chi connectivity index (χ2n) is 8.02. The molecule has 4 heteroatoms. The predicted molar refractivity (Wildman–Crippen MR) is 141 cm³/mol. The maximum absolute atomic E-state index is 4.43. The number of nitrogens with one attached hydrogen (secondary N) is 2. The van der Waals surface area contributed by atoms with Crippen molar-refractivity contribution >= 4 is 28.4 Å². The van der Waals surface area contributed by atoms with E-state index < -0.39 is 0 Å². The molecule has 2 aromatic rings. The van der Waals surface area contributed by atoms with Gasteiger partial charge in [0.15, 0.2) is 0 Å². The number of benzene rings is 1. The summed E-state index contributed by atoms with van der Waals surface area (Å²) in [6.45, 7) is 18.6. The van der Waals surface area contributed by atoms with E-state index in [-0.39, 0.29) is 0 Å². The molecule has 0 bridgehead atoms. The number of hydrogen-bond acceptors (Lipinski definition) is 3. The normalized spacial score (nSPS) is 16.8. The summed E-state index contributed by atoms with van der Waals surface area (Å²) >= 11 is 1.56. The molecule has 3 nitrogen and oxygen atoms in total. The lowest BCUT2D eigenvalue weighted by Crippen LogP contribution is -2.22. The van der Waals surface area contributed by atoms with E-state index in [0.29, 0.717) is 5.92 Å². The minimum atomic E-state index is 0.471. The zero-order valence-electron chi connectivity index (χ0n) is 20.2. The Labute approximate surface area is 194 Å². The van der Waals surface area contributed by atoms with Gasteiger partial charge in [-0.2, -0.15) is 0 Å². The SMILES string of the molecule is C=C(C(/C=C1\CCc2c[nH]c3cccc1c23)CC)N1CCCC1.C=C(C)NSC.CC. The largest absolute Gasteiger partial charge is 0.375 e. The molecule has 0 saturated carbocycles. The molecule has 2 N–H and O–H groups in total. The fourth-order valence-electron chi connectivity index (χ4n) is 4.40. The standard InChI is InChI=1S/C21H26N2.C4H9NS.C2H6/c1-3-16(15(2)23-11-4-5-12-23)13-17-9-10-18-14-22-20-8-6-7-19(17)21(18)20;1-4(2)5-6-3;1-2/h6-8,13-14,16,22H,2-5,9-12H2,1H3;5H,1H2,2-3H3;1-2H3/b17-13+;;. The van der Waals surface area contributed by atoms with Crippen molar-refractivity contribution in [3.05, 3.63) is 66.2 Å². The Morgan fingerprint density at radius 2 is 1.94 bits per heavy atom. The molecule has 170 valence electrons. The summed E-state index contributed by atoms with van der Waals surface area (Å²) in [5.74, 6) is 0.471. The third-order valence-electron chi connectivity index (χ3n) is 5.86. The van der Waals surface area contributed by atoms with Crippen molar-refractivity contribution in [3.63, 3.8) is 0 Å². The topological polar surface area (TPSA) is 31.1 Å². The van der Waals surface area contributed by atoms with Gasteiger partial charge < -0.3 is 14.6 Å². The van der Waals surface area contributed by atoms with Gasteiger partial charge in [-0.25, -0.2) is 0 Å². The van der Waals surface area contributed by atoms with Crippen LogP contribution in [0, 0.1) is 5.92 Å². The van der Waals surface area contributed by atoms with E-state index in [0.717, 1.165) is 25.0 Å². The van der Waals surface area contributed by atoms with Crippen LogP contribution in [-0.2, 0) is 6.42 Å². The highest BCUT2D eigenvalue weighted by atomic mass is 32.2. The van der Waals surface area contributed by atoms with Gasteiger partial charge in [0.05, 0.1) is 0 Å². The second kappa shape index (κ2) is 12.7. The number of aromatic nitrogens is 1. The molecule has 2 heterocycles. The minimum Gasteiger partial charge on any atom is -0.375 e. The van der Waals surface area contributed by atoms with E-state index >= 15 is 0 Å². The van der Waals surface area contributed by atoms with Crippen molar-refractivity contribution in [2.45, 2.75) is 59.8 Å². The highest BCUT2D eigenvalue weighted by molar-refractivity contribution is 7.96. The lowest BCUT2D eigenvalue weighted by atomic mass is 9.85. The van der Waals surface area contributed by atoms with Crippen LogP contribution in [0.25, 0.3) is 16.5 Å². The fourth-order valence-corrected chi connectivity index (χ4v) is 4.75. The summed E-state index contributed by atoms with van der Waals surface area (Å²) in [7, 11) is 0. The van der Waals surface area contributed by atoms with Crippen molar-refractivity contribution in [1.29, 1.82) is 0 Å². The van der Waals surface area contributed by atoms with Gasteiger partial charge in [0.1, 0.15) is 0 Å². The molecule has 1 unspecified atom stereocenters. The van der Waals surface area contributed by atoms with E-state index in [1.807, 2.05) is 27.0 Å². The molecular formula is C27H41N3S. The molecule has 1 fully saturated rings. The average Bonchev–Trinajstić information content (AvgIpc) is 3.46. The Bertz CT molecular complexity index is 887. The highest BCUT2D eigenvalue weighted by Gasteiger charge is 2.22. The van der Waals surface area contributed by atoms with E-state index in [4.69, 9.17) is 0 Å². The van der Waals surface area contributed by atoms with Gasteiger partial charge >= 0.3 is 0 Å². The fraction of sp³-hybridized carbons (Fsp3) is 0.481. The van der Waals surface area contributed by atoms with Crippen LogP contribution in [-0.4, -0.2) is 29.2 Å². The van der Waals surface area contributed by atoms with Crippen molar-refractivity contribution in [2.24, 2.45) is 5.92 Å². The zero-order valence-corrected chi connectivity index (χ0v) is 21.0. The number of likely N-dealkylation sites (tertiary alicyclic amines) is 1. The van der Waals surface area contributed by atoms with Gasteiger partial charge in [-0.15, -0.1) is 0 Å². The first-order valence-electron chi connectivity index (χ1n) is 11.7. The summed E-state index contributed by atoms with van der Waals surface area (Å²) in [4.78, 5) is 5.92. The number of aryl methyl sites for hydroxylation is 1. The molecule has 31 heavy (non-hydrogen) atoms. The van der Waals surface area contributed by atoms with Gasteiger partial charge in [0, 0.05) is 53.8 Å². The minimum absolute atomic E-state index is 0.471. The highest BCUT2D eigenvalue weighted by Crippen LogP contribution is 2.38. The van der Waals surface area contributed by atoms with Crippen molar-refractivity contribution in [2.75, 3.05) is 19.3 Å². The van der Waals surface area contributed by atoms with Crippen LogP contribution in [0.3, 0.4) is 0 Å². The number of H-pyrrole nitrogens is 1. The summed E-state index contributed by atoms with van der Waals surface area (Å²) < 4.78 is 2.93. The molecule has 0 spiro atoms. The van der Waals surface area contributed by atoms with Crippen LogP contribution in [0.4, 0.5) is 0 Å². The quantitative estimate of drug-likeness (QED) is 0.456. The molecule has 1 aromatic heterocycles. The number of hydrogen-bond donors (Lipinski definition) is 2. The Hall–Kier alpha value is -2.07. The predicted octanol–water partition coefficient (Wildman–Crippen LogP) is 7.55. The van der Waals surface area contributed by atoms with E-state index in [2.05, 4.69) is 65.2 Å². The lowest BCUT2D eigenvalue weighted by Gasteiger charge is -2.27. The van der Waals surface area contributed by atoms with Crippen LogP contribution < -0.4 is 4.72 Å². The van der Waals surface area contributed by atoms with Crippen molar-refractivity contribution in [3.8, 4) is 0 Å². The molecule has 2 aliphatic rings. The van der Waals surface area contributed by atoms with Crippen molar-refractivity contribution < 1.29 is 0 Å². The van der Waals surface area contributed by atoms with Crippen molar-refractivity contribution in [1.82, 2.24) is 14.6 Å². The summed E-state index contributed by atoms with van der Waals surface area (Å²) in [5, 5.41) is 1.44. The first-order chi connectivity index (χ1) is 15.0.